The summed E-state index contributed by atoms with van der Waals surface area (Å²) < 4.78 is 19.7. The zero-order valence-corrected chi connectivity index (χ0v) is 13.0. The van der Waals surface area contributed by atoms with E-state index in [0.29, 0.717) is 29.5 Å². The van der Waals surface area contributed by atoms with Crippen LogP contribution < -0.4 is 5.73 Å². The number of nitrogens with zero attached hydrogens (tertiary/aromatic N) is 1. The second kappa shape index (κ2) is 6.20. The monoisotopic (exact) mass is 344 g/mol. The van der Waals surface area contributed by atoms with Crippen molar-refractivity contribution in [2.75, 3.05) is 20.3 Å². The van der Waals surface area contributed by atoms with Crippen molar-refractivity contribution in [3.63, 3.8) is 0 Å². The van der Waals surface area contributed by atoms with Crippen molar-refractivity contribution in [3.05, 3.63) is 34.1 Å². The van der Waals surface area contributed by atoms with Crippen LogP contribution in [0.2, 0.25) is 0 Å². The molecule has 1 aliphatic heterocycles. The molecule has 0 aliphatic carbocycles. The lowest BCUT2D eigenvalue weighted by Gasteiger charge is -2.35. The lowest BCUT2D eigenvalue weighted by molar-refractivity contribution is -0.132. The fraction of sp³-hybridized carbons (Fsp3) is 0.500. The molecule has 1 unspecified atom stereocenters. The first-order valence-corrected chi connectivity index (χ1v) is 7.27. The fourth-order valence-electron chi connectivity index (χ4n) is 2.79. The summed E-state index contributed by atoms with van der Waals surface area (Å²) in [5.74, 6) is -0.706. The Balaban J connectivity index is 2.27. The molecule has 2 rings (SSSR count). The minimum absolute atomic E-state index is 0.234. The molecule has 0 radical (unpaired) electrons. The number of amides is 1. The molecule has 20 heavy (non-hydrogen) atoms. The van der Waals surface area contributed by atoms with E-state index in [1.165, 1.54) is 0 Å². The topological polar surface area (TPSA) is 55.6 Å². The number of benzene rings is 1. The molecule has 1 aromatic rings. The van der Waals surface area contributed by atoms with Gasteiger partial charge in [0.25, 0.3) is 0 Å². The van der Waals surface area contributed by atoms with Crippen LogP contribution in [0.1, 0.15) is 18.4 Å². The molecule has 110 valence electrons. The summed E-state index contributed by atoms with van der Waals surface area (Å²) in [6.07, 6.45) is 1.49. The maximum atomic E-state index is 14.1. The molecule has 1 amide bonds. The number of carbonyl (C=O) groups excluding carboxylic acids is 1. The maximum absolute atomic E-state index is 14.1. The Kier molecular flexibility index (Phi) is 4.78. The van der Waals surface area contributed by atoms with E-state index < -0.39 is 11.4 Å². The molecular formula is C14H18BrFN2O2. The molecule has 0 spiro atoms. The van der Waals surface area contributed by atoms with Gasteiger partial charge in [0.1, 0.15) is 11.4 Å². The van der Waals surface area contributed by atoms with Crippen LogP contribution in [0.15, 0.2) is 22.7 Å². The average Bonchev–Trinajstić information content (AvgIpc) is 2.80. The molecule has 1 aliphatic rings. The molecule has 0 bridgehead atoms. The van der Waals surface area contributed by atoms with Crippen molar-refractivity contribution in [2.45, 2.75) is 24.9 Å². The van der Waals surface area contributed by atoms with Crippen molar-refractivity contribution in [2.24, 2.45) is 5.73 Å². The smallest absolute Gasteiger partial charge is 0.240 e. The maximum Gasteiger partial charge on any atom is 0.240 e. The molecule has 4 nitrogen and oxygen atoms in total. The molecule has 0 aromatic heterocycles. The van der Waals surface area contributed by atoms with Crippen molar-refractivity contribution >= 4 is 21.8 Å². The van der Waals surface area contributed by atoms with Gasteiger partial charge in [-0.2, -0.15) is 0 Å². The van der Waals surface area contributed by atoms with E-state index in [-0.39, 0.29) is 12.4 Å². The van der Waals surface area contributed by atoms with Gasteiger partial charge in [-0.1, -0.05) is 12.1 Å². The Bertz CT molecular complexity index is 512. The third-order valence-corrected chi connectivity index (χ3v) is 4.47. The van der Waals surface area contributed by atoms with Gasteiger partial charge in [0.05, 0.1) is 11.1 Å². The molecule has 6 heteroatoms. The molecule has 1 atom stereocenters. The van der Waals surface area contributed by atoms with Crippen molar-refractivity contribution in [1.29, 1.82) is 0 Å². The van der Waals surface area contributed by atoms with Crippen LogP contribution >= 0.6 is 15.9 Å². The molecule has 1 heterocycles. The largest absolute Gasteiger partial charge is 0.382 e. The molecular weight excluding hydrogens is 327 g/mol. The minimum Gasteiger partial charge on any atom is -0.382 e. The van der Waals surface area contributed by atoms with E-state index in [1.54, 1.807) is 25.3 Å². The first kappa shape index (κ1) is 15.4. The number of ether oxygens (including phenoxy) is 1. The van der Waals surface area contributed by atoms with Crippen molar-refractivity contribution in [3.8, 4) is 0 Å². The lowest BCUT2D eigenvalue weighted by Crippen LogP contribution is -2.56. The number of primary amides is 1. The normalized spacial score (nSPS) is 23.1. The van der Waals surface area contributed by atoms with Crippen LogP contribution in [0.25, 0.3) is 0 Å². The van der Waals surface area contributed by atoms with Crippen molar-refractivity contribution < 1.29 is 13.9 Å². The van der Waals surface area contributed by atoms with Gasteiger partial charge in [-0.25, -0.2) is 4.39 Å². The number of hydrogen-bond donors (Lipinski definition) is 1. The Morgan fingerprint density at radius 1 is 1.60 bits per heavy atom. The first-order chi connectivity index (χ1) is 9.51. The Hall–Kier alpha value is -0.980. The van der Waals surface area contributed by atoms with Crippen molar-refractivity contribution in [1.82, 2.24) is 4.90 Å². The van der Waals surface area contributed by atoms with Crippen LogP contribution in [0.3, 0.4) is 0 Å². The van der Waals surface area contributed by atoms with E-state index in [9.17, 15) is 9.18 Å². The van der Waals surface area contributed by atoms with E-state index >= 15 is 0 Å². The number of methoxy groups -OCH3 is 1. The molecule has 1 fully saturated rings. The van der Waals surface area contributed by atoms with Gasteiger partial charge in [0.2, 0.25) is 5.91 Å². The van der Waals surface area contributed by atoms with Crippen LogP contribution in [0, 0.1) is 5.82 Å². The number of carbonyl (C=O) groups is 1. The summed E-state index contributed by atoms with van der Waals surface area (Å²) in [4.78, 5) is 13.8. The van der Waals surface area contributed by atoms with E-state index in [2.05, 4.69) is 15.9 Å². The van der Waals surface area contributed by atoms with Crippen LogP contribution in [0.5, 0.6) is 0 Å². The second-order valence-corrected chi connectivity index (χ2v) is 5.92. The molecule has 1 aromatic carbocycles. The predicted octanol–water partition coefficient (Wildman–Crippen LogP) is 2.05. The lowest BCUT2D eigenvalue weighted by atomic mass is 9.95. The summed E-state index contributed by atoms with van der Waals surface area (Å²) in [7, 11) is 1.54. The zero-order valence-electron chi connectivity index (χ0n) is 11.4. The summed E-state index contributed by atoms with van der Waals surface area (Å²) in [5.41, 5.74) is 5.28. The molecule has 2 N–H and O–H groups in total. The van der Waals surface area contributed by atoms with E-state index in [4.69, 9.17) is 10.5 Å². The molecule has 1 saturated heterocycles. The van der Waals surface area contributed by atoms with Crippen LogP contribution in [-0.4, -0.2) is 36.6 Å². The second-order valence-electron chi connectivity index (χ2n) is 5.07. The Labute approximate surface area is 126 Å². The Morgan fingerprint density at radius 3 is 3.00 bits per heavy atom. The van der Waals surface area contributed by atoms with Crippen LogP contribution in [0.4, 0.5) is 4.39 Å². The molecule has 0 saturated carbocycles. The van der Waals surface area contributed by atoms with Gasteiger partial charge >= 0.3 is 0 Å². The number of nitrogens with two attached hydrogens (primary N) is 1. The van der Waals surface area contributed by atoms with Gasteiger partial charge in [-0.15, -0.1) is 0 Å². The highest BCUT2D eigenvalue weighted by atomic mass is 79.9. The Morgan fingerprint density at radius 2 is 2.35 bits per heavy atom. The SMILES string of the molecule is COCC1(C(N)=O)CCCN1Cc1cccc(Br)c1F. The van der Waals surface area contributed by atoms with E-state index in [1.807, 2.05) is 4.90 Å². The highest BCUT2D eigenvalue weighted by Crippen LogP contribution is 2.32. The summed E-state index contributed by atoms with van der Waals surface area (Å²) >= 11 is 3.17. The highest BCUT2D eigenvalue weighted by molar-refractivity contribution is 9.10. The van der Waals surface area contributed by atoms with Crippen LogP contribution in [-0.2, 0) is 16.1 Å². The zero-order chi connectivity index (χ0) is 14.8. The van der Waals surface area contributed by atoms with Gasteiger partial charge in [-0.05, 0) is 41.4 Å². The summed E-state index contributed by atoms with van der Waals surface area (Å²) in [6.45, 7) is 1.29. The number of likely N-dealkylation sites (tertiary alicyclic amines) is 1. The number of halogens is 2. The number of hydrogen-bond acceptors (Lipinski definition) is 3. The third kappa shape index (κ3) is 2.73. The first-order valence-electron chi connectivity index (χ1n) is 6.48. The van der Waals surface area contributed by atoms with E-state index in [0.717, 1.165) is 6.42 Å². The minimum atomic E-state index is -0.830. The van der Waals surface area contributed by atoms with Gasteiger partial charge < -0.3 is 10.5 Å². The third-order valence-electron chi connectivity index (χ3n) is 3.86. The predicted molar refractivity (Wildman–Crippen MR) is 77.5 cm³/mol. The quantitative estimate of drug-likeness (QED) is 0.889. The summed E-state index contributed by atoms with van der Waals surface area (Å²) in [5, 5.41) is 0. The van der Waals surface area contributed by atoms with Gasteiger partial charge in [0.15, 0.2) is 0 Å². The average molecular weight is 345 g/mol. The van der Waals surface area contributed by atoms with Gasteiger partial charge in [-0.3, -0.25) is 9.69 Å². The number of rotatable bonds is 5. The standard InChI is InChI=1S/C14H18BrFN2O2/c1-20-9-14(13(17)19)6-3-7-18(14)8-10-4-2-5-11(15)12(10)16/h2,4-5H,3,6-9H2,1H3,(H2,17,19). The summed E-state index contributed by atoms with van der Waals surface area (Å²) in [6, 6.07) is 5.15. The fourth-order valence-corrected chi connectivity index (χ4v) is 3.20. The highest BCUT2D eigenvalue weighted by Gasteiger charge is 2.46. The van der Waals surface area contributed by atoms with Gasteiger partial charge in [0, 0.05) is 19.2 Å².